The Labute approximate surface area is 108 Å². The van der Waals surface area contributed by atoms with Gasteiger partial charge in [0.05, 0.1) is 16.9 Å². The molecule has 2 rings (SSSR count). The molecular formula is C14H19ClN2. The van der Waals surface area contributed by atoms with Gasteiger partial charge in [-0.2, -0.15) is 0 Å². The van der Waals surface area contributed by atoms with Crippen molar-refractivity contribution in [2.75, 3.05) is 0 Å². The van der Waals surface area contributed by atoms with E-state index in [1.54, 1.807) is 0 Å². The first-order valence-electron chi connectivity index (χ1n) is 5.92. The van der Waals surface area contributed by atoms with Crippen molar-refractivity contribution in [3.8, 4) is 0 Å². The molecule has 0 bridgehead atoms. The molecular weight excluding hydrogens is 232 g/mol. The molecule has 0 N–H and O–H groups in total. The van der Waals surface area contributed by atoms with Gasteiger partial charge in [-0.3, -0.25) is 0 Å². The van der Waals surface area contributed by atoms with Gasteiger partial charge in [0.25, 0.3) is 0 Å². The summed E-state index contributed by atoms with van der Waals surface area (Å²) in [7, 11) is 0. The van der Waals surface area contributed by atoms with Gasteiger partial charge in [-0.05, 0) is 30.0 Å². The zero-order valence-electron chi connectivity index (χ0n) is 10.9. The molecule has 0 aliphatic carbocycles. The molecule has 2 aromatic rings. The standard InChI is InChI=1S/C14H19ClN2/c1-10-5-6-11-12(7-10)17(9-14(2,3)4)13(8-15)16-11/h5-7H,8-9H2,1-4H3. The lowest BCUT2D eigenvalue weighted by Gasteiger charge is -2.20. The molecule has 1 heterocycles. The van der Waals surface area contributed by atoms with E-state index in [0.29, 0.717) is 5.88 Å². The molecule has 3 heteroatoms. The van der Waals surface area contributed by atoms with Gasteiger partial charge < -0.3 is 4.57 Å². The number of hydrogen-bond donors (Lipinski definition) is 0. The van der Waals surface area contributed by atoms with Gasteiger partial charge in [0.1, 0.15) is 5.82 Å². The van der Waals surface area contributed by atoms with E-state index in [0.717, 1.165) is 17.9 Å². The third-order valence-electron chi connectivity index (χ3n) is 2.73. The highest BCUT2D eigenvalue weighted by Gasteiger charge is 2.17. The van der Waals surface area contributed by atoms with E-state index in [-0.39, 0.29) is 5.41 Å². The predicted octanol–water partition coefficient (Wildman–Crippen LogP) is 4.13. The van der Waals surface area contributed by atoms with Crippen molar-refractivity contribution < 1.29 is 0 Å². The lowest BCUT2D eigenvalue weighted by atomic mass is 9.96. The minimum absolute atomic E-state index is 0.220. The van der Waals surface area contributed by atoms with Crippen LogP contribution in [-0.4, -0.2) is 9.55 Å². The van der Waals surface area contributed by atoms with Crippen LogP contribution in [0.1, 0.15) is 32.2 Å². The fourth-order valence-electron chi connectivity index (χ4n) is 2.04. The van der Waals surface area contributed by atoms with Crippen molar-refractivity contribution in [2.45, 2.75) is 40.1 Å². The molecule has 0 saturated heterocycles. The molecule has 0 saturated carbocycles. The largest absolute Gasteiger partial charge is 0.326 e. The summed E-state index contributed by atoms with van der Waals surface area (Å²) >= 11 is 5.99. The Morgan fingerprint density at radius 1 is 1.29 bits per heavy atom. The molecule has 0 aliphatic heterocycles. The monoisotopic (exact) mass is 250 g/mol. The lowest BCUT2D eigenvalue weighted by molar-refractivity contribution is 0.344. The van der Waals surface area contributed by atoms with Crippen LogP contribution in [0, 0.1) is 12.3 Å². The molecule has 17 heavy (non-hydrogen) atoms. The number of alkyl halides is 1. The van der Waals surface area contributed by atoms with Gasteiger partial charge >= 0.3 is 0 Å². The van der Waals surface area contributed by atoms with Crippen molar-refractivity contribution in [3.63, 3.8) is 0 Å². The van der Waals surface area contributed by atoms with Crippen molar-refractivity contribution in [1.82, 2.24) is 9.55 Å². The van der Waals surface area contributed by atoms with E-state index < -0.39 is 0 Å². The van der Waals surface area contributed by atoms with Crippen molar-refractivity contribution in [1.29, 1.82) is 0 Å². The Morgan fingerprint density at radius 3 is 2.59 bits per heavy atom. The van der Waals surface area contributed by atoms with Crippen LogP contribution in [0.4, 0.5) is 0 Å². The van der Waals surface area contributed by atoms with E-state index in [1.165, 1.54) is 11.1 Å². The van der Waals surface area contributed by atoms with Gasteiger partial charge in [0.2, 0.25) is 0 Å². The molecule has 0 spiro atoms. The average molecular weight is 251 g/mol. The third-order valence-corrected chi connectivity index (χ3v) is 2.97. The number of benzene rings is 1. The minimum Gasteiger partial charge on any atom is -0.326 e. The van der Waals surface area contributed by atoms with Crippen LogP contribution in [0.5, 0.6) is 0 Å². The Bertz CT molecular complexity index is 535. The highest BCUT2D eigenvalue weighted by Crippen LogP contribution is 2.24. The molecule has 0 fully saturated rings. The summed E-state index contributed by atoms with van der Waals surface area (Å²) < 4.78 is 2.25. The predicted molar refractivity (Wildman–Crippen MR) is 73.5 cm³/mol. The van der Waals surface area contributed by atoms with E-state index in [4.69, 9.17) is 11.6 Å². The minimum atomic E-state index is 0.220. The summed E-state index contributed by atoms with van der Waals surface area (Å²) in [4.78, 5) is 4.59. The smallest absolute Gasteiger partial charge is 0.124 e. The molecule has 0 aliphatic rings. The number of nitrogens with zero attached hydrogens (tertiary/aromatic N) is 2. The van der Waals surface area contributed by atoms with Crippen molar-refractivity contribution >= 4 is 22.6 Å². The lowest BCUT2D eigenvalue weighted by Crippen LogP contribution is -2.17. The van der Waals surface area contributed by atoms with E-state index >= 15 is 0 Å². The zero-order valence-corrected chi connectivity index (χ0v) is 11.7. The van der Waals surface area contributed by atoms with E-state index in [1.807, 2.05) is 0 Å². The maximum atomic E-state index is 5.99. The Balaban J connectivity index is 2.60. The second kappa shape index (κ2) is 4.34. The quantitative estimate of drug-likeness (QED) is 0.733. The Morgan fingerprint density at radius 2 is 2.00 bits per heavy atom. The fourth-order valence-corrected chi connectivity index (χ4v) is 2.24. The summed E-state index contributed by atoms with van der Waals surface area (Å²) in [6.45, 7) is 9.73. The fraction of sp³-hybridized carbons (Fsp3) is 0.500. The van der Waals surface area contributed by atoms with Crippen LogP contribution in [0.3, 0.4) is 0 Å². The second-order valence-corrected chi connectivity index (χ2v) is 6.07. The Hall–Kier alpha value is -1.02. The topological polar surface area (TPSA) is 17.8 Å². The highest BCUT2D eigenvalue weighted by molar-refractivity contribution is 6.16. The van der Waals surface area contributed by atoms with Crippen LogP contribution in [0.25, 0.3) is 11.0 Å². The van der Waals surface area contributed by atoms with Gasteiger partial charge in [0, 0.05) is 6.54 Å². The van der Waals surface area contributed by atoms with Crippen molar-refractivity contribution in [2.24, 2.45) is 5.41 Å². The maximum Gasteiger partial charge on any atom is 0.124 e. The number of imidazole rings is 1. The number of aryl methyl sites for hydroxylation is 1. The van der Waals surface area contributed by atoms with Crippen LogP contribution in [0.2, 0.25) is 0 Å². The number of fused-ring (bicyclic) bond motifs is 1. The molecule has 0 atom stereocenters. The normalized spacial score (nSPS) is 12.3. The SMILES string of the molecule is Cc1ccc2nc(CCl)n(CC(C)(C)C)c2c1. The molecule has 0 radical (unpaired) electrons. The third kappa shape index (κ3) is 2.63. The van der Waals surface area contributed by atoms with Crippen LogP contribution >= 0.6 is 11.6 Å². The molecule has 92 valence electrons. The molecule has 2 nitrogen and oxygen atoms in total. The number of aromatic nitrogens is 2. The van der Waals surface area contributed by atoms with Gasteiger partial charge in [-0.25, -0.2) is 4.98 Å². The maximum absolute atomic E-state index is 5.99. The summed E-state index contributed by atoms with van der Waals surface area (Å²) in [6, 6.07) is 6.35. The molecule has 1 aromatic heterocycles. The van der Waals surface area contributed by atoms with E-state index in [2.05, 4.69) is 55.4 Å². The van der Waals surface area contributed by atoms with Crippen LogP contribution in [-0.2, 0) is 12.4 Å². The molecule has 0 amide bonds. The van der Waals surface area contributed by atoms with Crippen molar-refractivity contribution in [3.05, 3.63) is 29.6 Å². The van der Waals surface area contributed by atoms with Crippen LogP contribution < -0.4 is 0 Å². The number of halogens is 1. The Kier molecular flexibility index (Phi) is 3.17. The van der Waals surface area contributed by atoms with Crippen LogP contribution in [0.15, 0.2) is 18.2 Å². The first-order chi connectivity index (χ1) is 7.90. The summed E-state index contributed by atoms with van der Waals surface area (Å²) in [5, 5.41) is 0. The zero-order chi connectivity index (χ0) is 12.6. The summed E-state index contributed by atoms with van der Waals surface area (Å²) in [5.74, 6) is 1.42. The molecule has 0 unspecified atom stereocenters. The summed E-state index contributed by atoms with van der Waals surface area (Å²) in [6.07, 6.45) is 0. The van der Waals surface area contributed by atoms with Gasteiger partial charge in [-0.15, -0.1) is 11.6 Å². The summed E-state index contributed by atoms with van der Waals surface area (Å²) in [5.41, 5.74) is 3.71. The second-order valence-electron chi connectivity index (χ2n) is 5.80. The first kappa shape index (κ1) is 12.4. The number of hydrogen-bond acceptors (Lipinski definition) is 1. The van der Waals surface area contributed by atoms with Gasteiger partial charge in [-0.1, -0.05) is 26.8 Å². The van der Waals surface area contributed by atoms with E-state index in [9.17, 15) is 0 Å². The van der Waals surface area contributed by atoms with Gasteiger partial charge in [0.15, 0.2) is 0 Å². The first-order valence-corrected chi connectivity index (χ1v) is 6.46. The molecule has 1 aromatic carbocycles. The average Bonchev–Trinajstić information content (AvgIpc) is 2.54. The number of rotatable bonds is 2. The highest BCUT2D eigenvalue weighted by atomic mass is 35.5.